The normalized spacial score (nSPS) is 12.8. The average Bonchev–Trinajstić information content (AvgIpc) is 2.16. The van der Waals surface area contributed by atoms with Crippen molar-refractivity contribution in [2.75, 3.05) is 34.8 Å². The van der Waals surface area contributed by atoms with E-state index < -0.39 is 19.7 Å². The lowest BCUT2D eigenvalue weighted by Gasteiger charge is -2.03. The summed E-state index contributed by atoms with van der Waals surface area (Å²) in [7, 11) is -6.12. The van der Waals surface area contributed by atoms with Gasteiger partial charge in [0.1, 0.15) is 0 Å². The molecule has 0 bridgehead atoms. The van der Waals surface area contributed by atoms with Gasteiger partial charge < -0.3 is 0 Å². The SMILES string of the molecule is O=S(=O)(CCCl)CCCCCS(=O)(=O)CCCl. The number of alkyl halides is 2. The molecule has 0 aromatic carbocycles. The van der Waals surface area contributed by atoms with Crippen LogP contribution in [-0.2, 0) is 19.7 Å². The summed E-state index contributed by atoms with van der Waals surface area (Å²) in [6.45, 7) is 0. The third kappa shape index (κ3) is 10.1. The first-order valence-corrected chi connectivity index (χ1v) is 10.1. The summed E-state index contributed by atoms with van der Waals surface area (Å²) in [5.41, 5.74) is 0. The molecule has 0 unspecified atom stereocenters. The maximum atomic E-state index is 11.3. The van der Waals surface area contributed by atoms with Crippen molar-refractivity contribution < 1.29 is 16.8 Å². The van der Waals surface area contributed by atoms with Crippen molar-refractivity contribution in [2.24, 2.45) is 0 Å². The van der Waals surface area contributed by atoms with Crippen LogP contribution in [0.1, 0.15) is 19.3 Å². The molecule has 0 rings (SSSR count). The van der Waals surface area contributed by atoms with Gasteiger partial charge in [-0.2, -0.15) is 0 Å². The molecule has 4 nitrogen and oxygen atoms in total. The molecule has 17 heavy (non-hydrogen) atoms. The Hall–Kier alpha value is 0.480. The van der Waals surface area contributed by atoms with Gasteiger partial charge in [-0.3, -0.25) is 0 Å². The Morgan fingerprint density at radius 1 is 0.588 bits per heavy atom. The van der Waals surface area contributed by atoms with Gasteiger partial charge in [0.2, 0.25) is 0 Å². The van der Waals surface area contributed by atoms with Crippen molar-refractivity contribution in [2.45, 2.75) is 19.3 Å². The molecule has 0 spiro atoms. The highest BCUT2D eigenvalue weighted by molar-refractivity contribution is 7.91. The lowest BCUT2D eigenvalue weighted by Crippen LogP contribution is -2.14. The Morgan fingerprint density at radius 3 is 1.24 bits per heavy atom. The summed E-state index contributed by atoms with van der Waals surface area (Å²) in [6, 6.07) is 0. The minimum Gasteiger partial charge on any atom is -0.229 e. The largest absolute Gasteiger partial charge is 0.229 e. The molecule has 0 atom stereocenters. The lowest BCUT2D eigenvalue weighted by molar-refractivity contribution is 0.588. The van der Waals surface area contributed by atoms with Crippen LogP contribution < -0.4 is 0 Å². The number of sulfone groups is 2. The van der Waals surface area contributed by atoms with Gasteiger partial charge in [0.15, 0.2) is 19.7 Å². The summed E-state index contributed by atoms with van der Waals surface area (Å²) in [5, 5.41) is 0. The highest BCUT2D eigenvalue weighted by Crippen LogP contribution is 2.04. The predicted molar refractivity (Wildman–Crippen MR) is 72.6 cm³/mol. The highest BCUT2D eigenvalue weighted by Gasteiger charge is 2.11. The molecule has 0 aromatic heterocycles. The van der Waals surface area contributed by atoms with Crippen molar-refractivity contribution in [3.63, 3.8) is 0 Å². The predicted octanol–water partition coefficient (Wildman–Crippen LogP) is 1.46. The average molecular weight is 325 g/mol. The third-order valence-electron chi connectivity index (χ3n) is 2.19. The highest BCUT2D eigenvalue weighted by atomic mass is 35.5. The van der Waals surface area contributed by atoms with Gasteiger partial charge >= 0.3 is 0 Å². The molecular weight excluding hydrogens is 307 g/mol. The maximum Gasteiger partial charge on any atom is 0.151 e. The molecule has 0 saturated heterocycles. The molecule has 8 heteroatoms. The molecule has 104 valence electrons. The Labute approximate surface area is 114 Å². The van der Waals surface area contributed by atoms with E-state index in [-0.39, 0.29) is 34.8 Å². The first-order chi connectivity index (χ1) is 7.83. The van der Waals surface area contributed by atoms with E-state index in [0.29, 0.717) is 19.3 Å². The van der Waals surface area contributed by atoms with Gasteiger partial charge in [-0.25, -0.2) is 16.8 Å². The van der Waals surface area contributed by atoms with E-state index in [9.17, 15) is 16.8 Å². The smallest absolute Gasteiger partial charge is 0.151 e. The van der Waals surface area contributed by atoms with Crippen LogP contribution in [0, 0.1) is 0 Å². The summed E-state index contributed by atoms with van der Waals surface area (Å²) in [4.78, 5) is 0. The Balaban J connectivity index is 3.74. The van der Waals surface area contributed by atoms with E-state index in [1.165, 1.54) is 0 Å². The van der Waals surface area contributed by atoms with Gasteiger partial charge in [-0.05, 0) is 12.8 Å². The van der Waals surface area contributed by atoms with Crippen LogP contribution >= 0.6 is 23.2 Å². The molecular formula is C9H18Cl2O4S2. The molecule has 0 N–H and O–H groups in total. The second-order valence-corrected chi connectivity index (χ2v) is 9.11. The fourth-order valence-electron chi connectivity index (χ4n) is 1.26. The fraction of sp³-hybridized carbons (Fsp3) is 1.00. The van der Waals surface area contributed by atoms with E-state index in [1.807, 2.05) is 0 Å². The molecule has 0 amide bonds. The van der Waals surface area contributed by atoms with Crippen LogP contribution in [0.5, 0.6) is 0 Å². The van der Waals surface area contributed by atoms with Crippen LogP contribution in [0.3, 0.4) is 0 Å². The van der Waals surface area contributed by atoms with Gasteiger partial charge in [-0.1, -0.05) is 6.42 Å². The van der Waals surface area contributed by atoms with E-state index in [2.05, 4.69) is 0 Å². The Kier molecular flexibility index (Phi) is 8.80. The molecule has 0 aromatic rings. The first-order valence-electron chi connectivity index (χ1n) is 5.36. The number of hydrogen-bond acceptors (Lipinski definition) is 4. The lowest BCUT2D eigenvalue weighted by atomic mass is 10.3. The van der Waals surface area contributed by atoms with Gasteiger partial charge in [0.05, 0.1) is 23.0 Å². The van der Waals surface area contributed by atoms with Crippen LogP contribution in [0.25, 0.3) is 0 Å². The summed E-state index contributed by atoms with van der Waals surface area (Å²) < 4.78 is 45.1. The molecule has 0 fully saturated rings. The minimum atomic E-state index is -3.06. The zero-order valence-electron chi connectivity index (χ0n) is 9.57. The Bertz CT molecular complexity index is 351. The molecule has 0 aliphatic heterocycles. The minimum absolute atomic E-state index is 0.0148. The quantitative estimate of drug-likeness (QED) is 0.450. The molecule has 0 aliphatic rings. The zero-order chi connectivity index (χ0) is 13.4. The number of hydrogen-bond donors (Lipinski definition) is 0. The Morgan fingerprint density at radius 2 is 0.941 bits per heavy atom. The second kappa shape index (κ2) is 8.56. The molecule has 0 radical (unpaired) electrons. The summed E-state index contributed by atoms with van der Waals surface area (Å²) in [5.74, 6) is 0.335. The maximum absolute atomic E-state index is 11.3. The number of rotatable bonds is 10. The first kappa shape index (κ1) is 17.5. The van der Waals surface area contributed by atoms with Crippen LogP contribution in [0.2, 0.25) is 0 Å². The fourth-order valence-corrected chi connectivity index (χ4v) is 4.84. The topological polar surface area (TPSA) is 68.3 Å². The van der Waals surface area contributed by atoms with Gasteiger partial charge in [-0.15, -0.1) is 23.2 Å². The molecule has 0 saturated carbocycles. The van der Waals surface area contributed by atoms with Crippen molar-refractivity contribution in [3.05, 3.63) is 0 Å². The monoisotopic (exact) mass is 324 g/mol. The number of halogens is 2. The van der Waals surface area contributed by atoms with Crippen molar-refractivity contribution in [1.29, 1.82) is 0 Å². The van der Waals surface area contributed by atoms with Crippen molar-refractivity contribution in [3.8, 4) is 0 Å². The van der Waals surface area contributed by atoms with Gasteiger partial charge in [0.25, 0.3) is 0 Å². The standard InChI is InChI=1S/C9H18Cl2O4S2/c10-4-8-16(12,13)6-2-1-3-7-17(14,15)9-5-11/h1-9H2. The third-order valence-corrected chi connectivity index (χ3v) is 6.49. The molecule has 0 aliphatic carbocycles. The number of unbranched alkanes of at least 4 members (excludes halogenated alkanes) is 2. The van der Waals surface area contributed by atoms with Crippen molar-refractivity contribution >= 4 is 42.9 Å². The van der Waals surface area contributed by atoms with Crippen LogP contribution in [-0.4, -0.2) is 51.6 Å². The van der Waals surface area contributed by atoms with E-state index in [0.717, 1.165) is 0 Å². The van der Waals surface area contributed by atoms with Gasteiger partial charge in [0, 0.05) is 11.8 Å². The second-order valence-electron chi connectivity index (χ2n) is 3.74. The van der Waals surface area contributed by atoms with E-state index in [4.69, 9.17) is 23.2 Å². The molecule has 0 heterocycles. The van der Waals surface area contributed by atoms with E-state index >= 15 is 0 Å². The zero-order valence-corrected chi connectivity index (χ0v) is 12.7. The van der Waals surface area contributed by atoms with Crippen molar-refractivity contribution in [1.82, 2.24) is 0 Å². The van der Waals surface area contributed by atoms with Crippen LogP contribution in [0.15, 0.2) is 0 Å². The summed E-state index contributed by atoms with van der Waals surface area (Å²) >= 11 is 10.7. The van der Waals surface area contributed by atoms with E-state index in [1.54, 1.807) is 0 Å². The van der Waals surface area contributed by atoms with Crippen LogP contribution in [0.4, 0.5) is 0 Å². The summed E-state index contributed by atoms with van der Waals surface area (Å²) in [6.07, 6.45) is 1.55.